The van der Waals surface area contributed by atoms with Crippen LogP contribution in [0.15, 0.2) is 23.9 Å². The molecule has 4 nitrogen and oxygen atoms in total. The second-order valence-electron chi connectivity index (χ2n) is 4.26. The highest BCUT2D eigenvalue weighted by Crippen LogP contribution is 2.30. The van der Waals surface area contributed by atoms with Gasteiger partial charge in [-0.3, -0.25) is 9.59 Å². The van der Waals surface area contributed by atoms with Crippen molar-refractivity contribution >= 4 is 23.4 Å². The summed E-state index contributed by atoms with van der Waals surface area (Å²) in [5, 5.41) is -3.39. The summed E-state index contributed by atoms with van der Waals surface area (Å²) in [6, 6.07) is -0.770. The molecule has 1 heterocycles. The molecule has 1 atom stereocenters. The normalized spacial score (nSPS) is 18.0. The van der Waals surface area contributed by atoms with Gasteiger partial charge in [0.25, 0.3) is 0 Å². The fourth-order valence-corrected chi connectivity index (χ4v) is 2.06. The summed E-state index contributed by atoms with van der Waals surface area (Å²) in [5.74, 6) is -1.09. The van der Waals surface area contributed by atoms with Gasteiger partial charge in [0.1, 0.15) is 6.04 Å². The SMILES string of the molecule is CCC(C(N)=O)N1C=CC=C(CC(F)(F)Cl)CC1=O. The predicted octanol–water partition coefficient (Wildman–Crippen LogP) is 2.14. The number of carbonyl (C=O) groups is 2. The first-order valence-corrected chi connectivity index (χ1v) is 6.16. The van der Waals surface area contributed by atoms with E-state index < -0.39 is 29.7 Å². The van der Waals surface area contributed by atoms with Gasteiger partial charge in [-0.05, 0) is 24.1 Å². The molecule has 2 amide bonds. The van der Waals surface area contributed by atoms with Crippen LogP contribution in [0.4, 0.5) is 8.78 Å². The lowest BCUT2D eigenvalue weighted by Gasteiger charge is -2.25. The number of nitrogens with two attached hydrogens (primary N) is 1. The number of alkyl halides is 3. The molecule has 106 valence electrons. The highest BCUT2D eigenvalue weighted by Gasteiger charge is 2.30. The Bertz CT molecular complexity index is 430. The van der Waals surface area contributed by atoms with Crippen LogP contribution >= 0.6 is 11.6 Å². The maximum absolute atomic E-state index is 12.7. The van der Waals surface area contributed by atoms with E-state index in [0.717, 1.165) is 0 Å². The fourth-order valence-electron chi connectivity index (χ4n) is 1.89. The van der Waals surface area contributed by atoms with E-state index in [4.69, 9.17) is 17.3 Å². The molecule has 0 aromatic heterocycles. The van der Waals surface area contributed by atoms with Gasteiger partial charge in [0.2, 0.25) is 11.8 Å². The van der Waals surface area contributed by atoms with E-state index in [0.29, 0.717) is 6.42 Å². The second-order valence-corrected chi connectivity index (χ2v) is 4.82. The molecular formula is C12H15ClF2N2O2. The minimum atomic E-state index is -3.39. The van der Waals surface area contributed by atoms with Gasteiger partial charge in [0.05, 0.1) is 0 Å². The van der Waals surface area contributed by atoms with Crippen LogP contribution in [0.2, 0.25) is 0 Å². The lowest BCUT2D eigenvalue weighted by atomic mass is 10.1. The molecular weight excluding hydrogens is 278 g/mol. The van der Waals surface area contributed by atoms with Crippen LogP contribution in [0.5, 0.6) is 0 Å². The number of hydrogen-bond donors (Lipinski definition) is 1. The number of carbonyl (C=O) groups excluding carboxylic acids is 2. The van der Waals surface area contributed by atoms with Gasteiger partial charge < -0.3 is 10.6 Å². The molecule has 0 fully saturated rings. The van der Waals surface area contributed by atoms with Gasteiger partial charge in [0, 0.05) is 19.0 Å². The number of rotatable bonds is 5. The summed E-state index contributed by atoms with van der Waals surface area (Å²) in [5.41, 5.74) is 5.41. The molecule has 0 aromatic carbocycles. The molecule has 2 N–H and O–H groups in total. The largest absolute Gasteiger partial charge is 0.368 e. The molecule has 0 spiro atoms. The third-order valence-electron chi connectivity index (χ3n) is 2.72. The van der Waals surface area contributed by atoms with Crippen molar-refractivity contribution in [2.24, 2.45) is 5.73 Å². The molecule has 19 heavy (non-hydrogen) atoms. The van der Waals surface area contributed by atoms with E-state index in [9.17, 15) is 18.4 Å². The summed E-state index contributed by atoms with van der Waals surface area (Å²) < 4.78 is 25.4. The van der Waals surface area contributed by atoms with Crippen molar-refractivity contribution in [3.63, 3.8) is 0 Å². The Kier molecular flexibility index (Phi) is 5.05. The van der Waals surface area contributed by atoms with Gasteiger partial charge in [-0.2, -0.15) is 8.78 Å². The zero-order valence-corrected chi connectivity index (χ0v) is 11.2. The standard InChI is InChI=1S/C12H15ClF2N2O2/c1-2-9(11(16)19)17-5-3-4-8(6-10(17)18)7-12(13,14)15/h3-5,9H,2,6-7H2,1H3,(H2,16,19). The number of hydrogen-bond acceptors (Lipinski definition) is 2. The maximum atomic E-state index is 12.7. The first-order valence-electron chi connectivity index (χ1n) is 5.78. The third-order valence-corrected chi connectivity index (χ3v) is 2.86. The number of primary amides is 1. The number of allylic oxidation sites excluding steroid dienone is 2. The van der Waals surface area contributed by atoms with Crippen molar-refractivity contribution in [2.45, 2.75) is 37.6 Å². The Morgan fingerprint density at radius 2 is 2.26 bits per heavy atom. The molecule has 7 heteroatoms. The predicted molar refractivity (Wildman–Crippen MR) is 67.4 cm³/mol. The van der Waals surface area contributed by atoms with Crippen molar-refractivity contribution in [1.82, 2.24) is 4.90 Å². The highest BCUT2D eigenvalue weighted by atomic mass is 35.5. The quantitative estimate of drug-likeness (QED) is 0.789. The van der Waals surface area contributed by atoms with Crippen molar-refractivity contribution < 1.29 is 18.4 Å². The zero-order valence-electron chi connectivity index (χ0n) is 10.4. The molecule has 0 aliphatic carbocycles. The number of halogens is 3. The van der Waals surface area contributed by atoms with Crippen molar-refractivity contribution in [2.75, 3.05) is 0 Å². The van der Waals surface area contributed by atoms with E-state index >= 15 is 0 Å². The van der Waals surface area contributed by atoms with Gasteiger partial charge in [-0.15, -0.1) is 0 Å². The second kappa shape index (κ2) is 6.14. The maximum Gasteiger partial charge on any atom is 0.325 e. The highest BCUT2D eigenvalue weighted by molar-refractivity contribution is 6.21. The molecule has 0 aromatic rings. The minimum Gasteiger partial charge on any atom is -0.368 e. The van der Waals surface area contributed by atoms with Crippen LogP contribution in [0.1, 0.15) is 26.2 Å². The van der Waals surface area contributed by atoms with Crippen LogP contribution in [-0.2, 0) is 9.59 Å². The number of nitrogens with zero attached hydrogens (tertiary/aromatic N) is 1. The first kappa shape index (κ1) is 15.6. The minimum absolute atomic E-state index is 0.209. The fraction of sp³-hybridized carbons (Fsp3) is 0.500. The molecule has 1 rings (SSSR count). The van der Waals surface area contributed by atoms with E-state index in [-0.39, 0.29) is 12.0 Å². The third kappa shape index (κ3) is 4.63. The van der Waals surface area contributed by atoms with Gasteiger partial charge in [-0.1, -0.05) is 18.6 Å². The van der Waals surface area contributed by atoms with Crippen LogP contribution in [0, 0.1) is 0 Å². The van der Waals surface area contributed by atoms with Crippen LogP contribution < -0.4 is 5.73 Å². The zero-order chi connectivity index (χ0) is 14.6. The molecule has 0 radical (unpaired) electrons. The van der Waals surface area contributed by atoms with E-state index in [1.54, 1.807) is 6.92 Å². The van der Waals surface area contributed by atoms with Gasteiger partial charge in [-0.25, -0.2) is 0 Å². The number of amides is 2. The van der Waals surface area contributed by atoms with Crippen molar-refractivity contribution in [3.8, 4) is 0 Å². The Balaban J connectivity index is 2.83. The summed E-state index contributed by atoms with van der Waals surface area (Å²) in [6.45, 7) is 1.71. The van der Waals surface area contributed by atoms with Crippen LogP contribution in [0.25, 0.3) is 0 Å². The van der Waals surface area contributed by atoms with E-state index in [2.05, 4.69) is 0 Å². The molecule has 1 unspecified atom stereocenters. The molecule has 0 saturated carbocycles. The van der Waals surface area contributed by atoms with Gasteiger partial charge >= 0.3 is 5.38 Å². The molecule has 0 bridgehead atoms. The Morgan fingerprint density at radius 3 is 2.74 bits per heavy atom. The molecule has 1 aliphatic rings. The summed E-state index contributed by atoms with van der Waals surface area (Å²) in [4.78, 5) is 24.4. The lowest BCUT2D eigenvalue weighted by molar-refractivity contribution is -0.135. The average molecular weight is 293 g/mol. The Labute approximate surface area is 114 Å². The van der Waals surface area contributed by atoms with Crippen molar-refractivity contribution in [1.29, 1.82) is 0 Å². The first-order chi connectivity index (χ1) is 8.74. The molecule has 0 saturated heterocycles. The lowest BCUT2D eigenvalue weighted by Crippen LogP contribution is -2.44. The van der Waals surface area contributed by atoms with Crippen molar-refractivity contribution in [3.05, 3.63) is 23.9 Å². The molecule has 1 aliphatic heterocycles. The van der Waals surface area contributed by atoms with Crippen LogP contribution in [0.3, 0.4) is 0 Å². The van der Waals surface area contributed by atoms with E-state index in [1.165, 1.54) is 23.3 Å². The van der Waals surface area contributed by atoms with E-state index in [1.807, 2.05) is 0 Å². The summed E-state index contributed by atoms with van der Waals surface area (Å²) in [6.07, 6.45) is 3.66. The topological polar surface area (TPSA) is 63.4 Å². The Hall–Kier alpha value is -1.43. The van der Waals surface area contributed by atoms with Gasteiger partial charge in [0.15, 0.2) is 0 Å². The Morgan fingerprint density at radius 1 is 1.63 bits per heavy atom. The summed E-state index contributed by atoms with van der Waals surface area (Å²) in [7, 11) is 0. The monoisotopic (exact) mass is 292 g/mol. The van der Waals surface area contributed by atoms with Crippen LogP contribution in [-0.4, -0.2) is 28.1 Å². The smallest absolute Gasteiger partial charge is 0.325 e. The summed E-state index contributed by atoms with van der Waals surface area (Å²) >= 11 is 4.85. The average Bonchev–Trinajstić information content (AvgIpc) is 2.39.